The van der Waals surface area contributed by atoms with E-state index in [1.165, 1.54) is 0 Å². The fourth-order valence-electron chi connectivity index (χ4n) is 0.676. The summed E-state index contributed by atoms with van der Waals surface area (Å²) in [5.41, 5.74) is -0.269. The fourth-order valence-corrected chi connectivity index (χ4v) is 0.805. The molecular formula is C10H17F3OS. The Morgan fingerprint density at radius 3 is 2.20 bits per heavy atom. The Morgan fingerprint density at radius 1 is 1.40 bits per heavy atom. The minimum Gasteiger partial charge on any atom is -0.498 e. The molecule has 1 atom stereocenters. The van der Waals surface area contributed by atoms with E-state index in [9.17, 15) is 13.2 Å². The van der Waals surface area contributed by atoms with Crippen LogP contribution in [0.4, 0.5) is 13.2 Å². The second kappa shape index (κ2) is 5.14. The van der Waals surface area contributed by atoms with Crippen LogP contribution in [0.15, 0.2) is 12.3 Å². The van der Waals surface area contributed by atoms with E-state index in [2.05, 4.69) is 19.2 Å². The number of rotatable bonds is 5. The molecule has 0 radical (unpaired) electrons. The van der Waals surface area contributed by atoms with Gasteiger partial charge in [0.05, 0.1) is 12.4 Å². The minimum atomic E-state index is -3.60. The molecule has 0 bridgehead atoms. The summed E-state index contributed by atoms with van der Waals surface area (Å²) >= 11 is 2.84. The molecule has 1 nitrogen and oxygen atoms in total. The van der Waals surface area contributed by atoms with Gasteiger partial charge in [0.2, 0.25) is 0 Å². The second-order valence-corrected chi connectivity index (χ2v) is 4.96. The Morgan fingerprint density at radius 2 is 1.87 bits per heavy atom. The Balaban J connectivity index is 3.87. The third kappa shape index (κ3) is 5.97. The molecule has 0 aliphatic heterocycles. The van der Waals surface area contributed by atoms with Crippen LogP contribution in [-0.2, 0) is 4.74 Å². The van der Waals surface area contributed by atoms with E-state index >= 15 is 0 Å². The van der Waals surface area contributed by atoms with Gasteiger partial charge < -0.3 is 4.74 Å². The molecule has 90 valence electrons. The molecule has 0 fully saturated rings. The highest BCUT2D eigenvalue weighted by Gasteiger charge is 2.35. The van der Waals surface area contributed by atoms with Crippen molar-refractivity contribution >= 4 is 12.6 Å². The minimum absolute atomic E-state index is 0.118. The maximum atomic E-state index is 12.7. The van der Waals surface area contributed by atoms with Crippen LogP contribution in [-0.4, -0.2) is 18.0 Å². The number of thiol groups is 1. The van der Waals surface area contributed by atoms with E-state index in [0.29, 0.717) is 5.76 Å². The molecule has 0 amide bonds. The van der Waals surface area contributed by atoms with Crippen molar-refractivity contribution in [3.8, 4) is 0 Å². The quantitative estimate of drug-likeness (QED) is 0.569. The Bertz CT molecular complexity index is 218. The summed E-state index contributed by atoms with van der Waals surface area (Å²) in [6.45, 7) is 9.13. The van der Waals surface area contributed by atoms with Crippen LogP contribution < -0.4 is 0 Å². The third-order valence-electron chi connectivity index (χ3n) is 1.86. The molecule has 0 aromatic rings. The lowest BCUT2D eigenvalue weighted by Gasteiger charge is -2.23. The van der Waals surface area contributed by atoms with E-state index in [0.717, 1.165) is 0 Å². The number of halogens is 3. The van der Waals surface area contributed by atoms with Crippen molar-refractivity contribution < 1.29 is 17.9 Å². The first-order valence-corrected chi connectivity index (χ1v) is 5.06. The lowest BCUT2D eigenvalue weighted by molar-refractivity contribution is 0.000256. The number of alkyl halides is 3. The molecule has 5 heteroatoms. The Hall–Kier alpha value is -0.320. The van der Waals surface area contributed by atoms with E-state index in [1.807, 2.05) is 20.8 Å². The van der Waals surface area contributed by atoms with E-state index in [-0.39, 0.29) is 12.0 Å². The van der Waals surface area contributed by atoms with Crippen LogP contribution in [0.2, 0.25) is 0 Å². The predicted octanol–water partition coefficient (Wildman–Crippen LogP) is 3.81. The molecule has 15 heavy (non-hydrogen) atoms. The van der Waals surface area contributed by atoms with Crippen molar-refractivity contribution in [1.29, 1.82) is 0 Å². The highest BCUT2D eigenvalue weighted by Crippen LogP contribution is 2.29. The molecule has 0 rings (SSSR count). The van der Waals surface area contributed by atoms with Crippen LogP contribution >= 0.6 is 12.6 Å². The first-order chi connectivity index (χ1) is 6.55. The van der Waals surface area contributed by atoms with Gasteiger partial charge in [-0.25, -0.2) is 4.39 Å². The number of allylic oxidation sites excluding steroid dienone is 1. The van der Waals surface area contributed by atoms with Crippen LogP contribution in [0, 0.1) is 5.41 Å². The molecular weight excluding hydrogens is 225 g/mol. The highest BCUT2D eigenvalue weighted by molar-refractivity contribution is 7.81. The molecule has 0 aromatic heterocycles. The van der Waals surface area contributed by atoms with Gasteiger partial charge in [-0.05, 0) is 0 Å². The van der Waals surface area contributed by atoms with Crippen molar-refractivity contribution in [2.24, 2.45) is 5.41 Å². The molecule has 1 unspecified atom stereocenters. The molecule has 0 saturated heterocycles. The molecule has 0 aliphatic carbocycles. The van der Waals surface area contributed by atoms with Gasteiger partial charge in [-0.1, -0.05) is 27.4 Å². The molecule has 0 heterocycles. The predicted molar refractivity (Wildman–Crippen MR) is 58.0 cm³/mol. The van der Waals surface area contributed by atoms with Crippen LogP contribution in [0.25, 0.3) is 0 Å². The summed E-state index contributed by atoms with van der Waals surface area (Å²) in [5.74, 6) is 0.456. The van der Waals surface area contributed by atoms with E-state index in [1.54, 1.807) is 0 Å². The first kappa shape index (κ1) is 14.7. The zero-order valence-corrected chi connectivity index (χ0v) is 10.1. The summed E-state index contributed by atoms with van der Waals surface area (Å²) in [5, 5.41) is -3.60. The molecule has 0 N–H and O–H groups in total. The number of hydrogen-bond donors (Lipinski definition) is 1. The van der Waals surface area contributed by atoms with Gasteiger partial charge in [-0.2, -0.15) is 8.78 Å². The van der Waals surface area contributed by atoms with Gasteiger partial charge in [0.1, 0.15) is 0 Å². The fraction of sp³-hybridized carbons (Fsp3) is 0.800. The topological polar surface area (TPSA) is 9.23 Å². The summed E-state index contributed by atoms with van der Waals surface area (Å²) in [7, 11) is 0. The standard InChI is InChI=1S/C10H17F3OS/c1-7(9(2,3)4)14-6-5-8(11)10(12,13)15/h8,15H,1,5-6H2,2-4H3. The lowest BCUT2D eigenvalue weighted by atomic mass is 9.95. The van der Waals surface area contributed by atoms with Crippen molar-refractivity contribution in [1.82, 2.24) is 0 Å². The van der Waals surface area contributed by atoms with Crippen LogP contribution in [0.5, 0.6) is 0 Å². The maximum absolute atomic E-state index is 12.7. The smallest absolute Gasteiger partial charge is 0.321 e. The zero-order chi connectivity index (χ0) is 12.3. The summed E-state index contributed by atoms with van der Waals surface area (Å²) < 4.78 is 42.4. The monoisotopic (exact) mass is 242 g/mol. The molecule has 0 saturated carbocycles. The Labute approximate surface area is 94.1 Å². The zero-order valence-electron chi connectivity index (χ0n) is 9.19. The molecule has 0 spiro atoms. The number of ether oxygens (including phenoxy) is 1. The summed E-state index contributed by atoms with van der Waals surface area (Å²) in [6.07, 6.45) is -2.69. The van der Waals surface area contributed by atoms with E-state index < -0.39 is 17.8 Å². The van der Waals surface area contributed by atoms with Gasteiger partial charge in [0, 0.05) is 11.8 Å². The van der Waals surface area contributed by atoms with Gasteiger partial charge in [0.15, 0.2) is 6.17 Å². The highest BCUT2D eigenvalue weighted by atomic mass is 32.1. The average molecular weight is 242 g/mol. The molecule has 0 aromatic carbocycles. The van der Waals surface area contributed by atoms with Crippen LogP contribution in [0.1, 0.15) is 27.2 Å². The largest absolute Gasteiger partial charge is 0.498 e. The van der Waals surface area contributed by atoms with Crippen molar-refractivity contribution in [3.05, 3.63) is 12.3 Å². The normalized spacial score (nSPS) is 14.9. The maximum Gasteiger partial charge on any atom is 0.321 e. The average Bonchev–Trinajstić information content (AvgIpc) is 2.00. The van der Waals surface area contributed by atoms with Crippen molar-refractivity contribution in [2.45, 2.75) is 38.6 Å². The van der Waals surface area contributed by atoms with Crippen molar-refractivity contribution in [2.75, 3.05) is 6.61 Å². The SMILES string of the molecule is C=C(OCCC(F)C(F)(F)S)C(C)(C)C. The van der Waals surface area contributed by atoms with Gasteiger partial charge in [0.25, 0.3) is 0 Å². The first-order valence-electron chi connectivity index (χ1n) is 4.61. The van der Waals surface area contributed by atoms with Gasteiger partial charge in [-0.15, -0.1) is 12.6 Å². The van der Waals surface area contributed by atoms with Gasteiger partial charge >= 0.3 is 5.25 Å². The molecule has 0 aliphatic rings. The third-order valence-corrected chi connectivity index (χ3v) is 2.14. The Kier molecular flexibility index (Phi) is 5.03. The summed E-state index contributed by atoms with van der Waals surface area (Å²) in [6, 6.07) is 0. The number of hydrogen-bond acceptors (Lipinski definition) is 2. The second-order valence-electron chi connectivity index (χ2n) is 4.37. The summed E-state index contributed by atoms with van der Waals surface area (Å²) in [4.78, 5) is 0. The van der Waals surface area contributed by atoms with Crippen molar-refractivity contribution in [3.63, 3.8) is 0 Å². The lowest BCUT2D eigenvalue weighted by Crippen LogP contribution is -2.25. The van der Waals surface area contributed by atoms with Crippen LogP contribution in [0.3, 0.4) is 0 Å². The van der Waals surface area contributed by atoms with E-state index in [4.69, 9.17) is 4.74 Å². The van der Waals surface area contributed by atoms with Gasteiger partial charge in [-0.3, -0.25) is 0 Å².